The largest absolute Gasteiger partial charge is 0.507 e. The summed E-state index contributed by atoms with van der Waals surface area (Å²) in [6.07, 6.45) is 0.211. The molecule has 8 nitrogen and oxygen atoms in total. The van der Waals surface area contributed by atoms with Gasteiger partial charge in [0.05, 0.1) is 18.8 Å². The Hall–Kier alpha value is -3.36. The lowest BCUT2D eigenvalue weighted by Gasteiger charge is -2.11. The minimum absolute atomic E-state index is 0.0161. The van der Waals surface area contributed by atoms with Crippen molar-refractivity contribution in [2.45, 2.75) is 13.0 Å². The molecule has 0 aliphatic heterocycles. The van der Waals surface area contributed by atoms with Crippen molar-refractivity contribution in [1.82, 2.24) is 14.7 Å². The molecule has 0 unspecified atom stereocenters. The maximum atomic E-state index is 12.3. The SMILES string of the molecule is CN(C)CCCOC(=O)Nc1cccc(Cn2nc(-c3cc(Cl)ccc3O)ccc2=O)c1. The molecule has 0 bridgehead atoms. The van der Waals surface area contributed by atoms with Gasteiger partial charge in [0, 0.05) is 28.9 Å². The van der Waals surface area contributed by atoms with Gasteiger partial charge in [-0.25, -0.2) is 9.48 Å². The van der Waals surface area contributed by atoms with Crippen LogP contribution in [0.25, 0.3) is 11.3 Å². The molecule has 32 heavy (non-hydrogen) atoms. The second kappa shape index (κ2) is 10.8. The third-order valence-corrected chi connectivity index (χ3v) is 4.82. The fourth-order valence-electron chi connectivity index (χ4n) is 3.04. The molecule has 2 N–H and O–H groups in total. The highest BCUT2D eigenvalue weighted by atomic mass is 35.5. The smallest absolute Gasteiger partial charge is 0.411 e. The number of hydrogen-bond donors (Lipinski definition) is 2. The molecule has 0 aliphatic rings. The van der Waals surface area contributed by atoms with Crippen LogP contribution in [0.2, 0.25) is 5.02 Å². The number of phenols is 1. The molecule has 0 saturated heterocycles. The van der Waals surface area contributed by atoms with E-state index in [2.05, 4.69) is 10.4 Å². The normalized spacial score (nSPS) is 10.9. The van der Waals surface area contributed by atoms with Crippen LogP contribution in [0, 0.1) is 0 Å². The van der Waals surface area contributed by atoms with Crippen molar-refractivity contribution >= 4 is 23.4 Å². The zero-order valence-electron chi connectivity index (χ0n) is 17.9. The molecule has 2 aromatic carbocycles. The molecule has 9 heteroatoms. The zero-order valence-corrected chi connectivity index (χ0v) is 18.7. The fraction of sp³-hybridized carbons (Fsp3) is 0.261. The van der Waals surface area contributed by atoms with Crippen LogP contribution >= 0.6 is 11.6 Å². The minimum atomic E-state index is -0.533. The van der Waals surface area contributed by atoms with Crippen molar-refractivity contribution in [1.29, 1.82) is 0 Å². The molecule has 0 radical (unpaired) electrons. The predicted molar refractivity (Wildman–Crippen MR) is 124 cm³/mol. The first kappa shape index (κ1) is 23.3. The molecule has 3 aromatic rings. The lowest BCUT2D eigenvalue weighted by Crippen LogP contribution is -2.23. The van der Waals surface area contributed by atoms with E-state index in [0.717, 1.165) is 18.5 Å². The van der Waals surface area contributed by atoms with Gasteiger partial charge in [0.1, 0.15) is 5.75 Å². The van der Waals surface area contributed by atoms with E-state index < -0.39 is 6.09 Å². The van der Waals surface area contributed by atoms with Gasteiger partial charge in [-0.15, -0.1) is 0 Å². The number of rotatable bonds is 8. The monoisotopic (exact) mass is 456 g/mol. The Balaban J connectivity index is 1.71. The first-order valence-electron chi connectivity index (χ1n) is 10.1. The number of nitrogens with zero attached hydrogens (tertiary/aromatic N) is 3. The first-order valence-corrected chi connectivity index (χ1v) is 10.4. The quantitative estimate of drug-likeness (QED) is 0.500. The van der Waals surface area contributed by atoms with Gasteiger partial charge in [-0.05, 0) is 62.5 Å². The van der Waals surface area contributed by atoms with Crippen molar-refractivity contribution < 1.29 is 14.6 Å². The lowest BCUT2D eigenvalue weighted by atomic mass is 10.1. The second-order valence-electron chi connectivity index (χ2n) is 7.49. The number of phenolic OH excluding ortho intramolecular Hbond substituents is 1. The zero-order chi connectivity index (χ0) is 23.1. The fourth-order valence-corrected chi connectivity index (χ4v) is 3.21. The maximum absolute atomic E-state index is 12.3. The summed E-state index contributed by atoms with van der Waals surface area (Å²) in [6, 6.07) is 14.6. The summed E-state index contributed by atoms with van der Waals surface area (Å²) in [6.45, 7) is 1.34. The summed E-state index contributed by atoms with van der Waals surface area (Å²) in [5.41, 5.74) is 1.86. The van der Waals surface area contributed by atoms with Gasteiger partial charge in [0.15, 0.2) is 0 Å². The summed E-state index contributed by atoms with van der Waals surface area (Å²) in [4.78, 5) is 26.3. The maximum Gasteiger partial charge on any atom is 0.411 e. The van der Waals surface area contributed by atoms with Crippen LogP contribution in [0.1, 0.15) is 12.0 Å². The number of hydrogen-bond acceptors (Lipinski definition) is 6. The highest BCUT2D eigenvalue weighted by molar-refractivity contribution is 6.30. The van der Waals surface area contributed by atoms with Crippen molar-refractivity contribution in [2.24, 2.45) is 0 Å². The van der Waals surface area contributed by atoms with E-state index in [-0.39, 0.29) is 17.9 Å². The number of ether oxygens (including phenoxy) is 1. The highest BCUT2D eigenvalue weighted by Crippen LogP contribution is 2.29. The van der Waals surface area contributed by atoms with E-state index in [0.29, 0.717) is 28.6 Å². The topological polar surface area (TPSA) is 96.7 Å². The Morgan fingerprint density at radius 1 is 1.19 bits per heavy atom. The van der Waals surface area contributed by atoms with Crippen molar-refractivity contribution in [2.75, 3.05) is 32.6 Å². The molecule has 3 rings (SSSR count). The van der Waals surface area contributed by atoms with Gasteiger partial charge in [-0.1, -0.05) is 23.7 Å². The van der Waals surface area contributed by atoms with Crippen LogP contribution in [0.5, 0.6) is 5.75 Å². The average Bonchev–Trinajstić information content (AvgIpc) is 2.75. The first-order chi connectivity index (χ1) is 15.3. The molecule has 0 spiro atoms. The van der Waals surface area contributed by atoms with Crippen molar-refractivity contribution in [3.8, 4) is 17.0 Å². The number of aromatic nitrogens is 2. The number of carbonyl (C=O) groups is 1. The molecule has 1 amide bonds. The van der Waals surface area contributed by atoms with E-state index in [9.17, 15) is 14.7 Å². The Kier molecular flexibility index (Phi) is 7.86. The van der Waals surface area contributed by atoms with Crippen molar-refractivity contribution in [3.63, 3.8) is 0 Å². The van der Waals surface area contributed by atoms with Gasteiger partial charge in [0.2, 0.25) is 0 Å². The van der Waals surface area contributed by atoms with Crippen LogP contribution in [0.15, 0.2) is 59.4 Å². The summed E-state index contributed by atoms with van der Waals surface area (Å²) in [7, 11) is 3.91. The van der Waals surface area contributed by atoms with E-state index in [1.165, 1.54) is 22.9 Å². The molecule has 0 fully saturated rings. The van der Waals surface area contributed by atoms with E-state index in [1.807, 2.05) is 25.1 Å². The number of carbonyl (C=O) groups excluding carboxylic acids is 1. The standard InChI is InChI=1S/C23H25ClN4O4/c1-27(2)11-4-12-32-23(31)25-18-6-3-5-16(13-18)15-28-22(30)10-8-20(26-28)19-14-17(24)7-9-21(19)29/h3,5-10,13-14,29H,4,11-12,15H2,1-2H3,(H,25,31). The van der Waals surface area contributed by atoms with E-state index in [4.69, 9.17) is 16.3 Å². The molecular formula is C23H25ClN4O4. The van der Waals surface area contributed by atoms with Crippen LogP contribution in [0.3, 0.4) is 0 Å². The number of aromatic hydroxyl groups is 1. The molecule has 0 saturated carbocycles. The van der Waals surface area contributed by atoms with E-state index in [1.54, 1.807) is 30.3 Å². The highest BCUT2D eigenvalue weighted by Gasteiger charge is 2.10. The summed E-state index contributed by atoms with van der Waals surface area (Å²) in [5, 5.41) is 17.6. The van der Waals surface area contributed by atoms with Crippen LogP contribution in [-0.4, -0.2) is 53.1 Å². The summed E-state index contributed by atoms with van der Waals surface area (Å²) in [5.74, 6) is 0.0161. The van der Waals surface area contributed by atoms with Gasteiger partial charge in [-0.2, -0.15) is 5.10 Å². The van der Waals surface area contributed by atoms with Gasteiger partial charge in [0.25, 0.3) is 5.56 Å². The number of amides is 1. The number of benzene rings is 2. The molecule has 0 aliphatic carbocycles. The summed E-state index contributed by atoms with van der Waals surface area (Å²) < 4.78 is 6.47. The molecule has 168 valence electrons. The van der Waals surface area contributed by atoms with E-state index >= 15 is 0 Å². The number of anilines is 1. The summed E-state index contributed by atoms with van der Waals surface area (Å²) >= 11 is 6.03. The van der Waals surface area contributed by atoms with Crippen LogP contribution in [-0.2, 0) is 11.3 Å². The number of halogens is 1. The third-order valence-electron chi connectivity index (χ3n) is 4.59. The molecule has 1 aromatic heterocycles. The Labute approximate surface area is 191 Å². The van der Waals surface area contributed by atoms with Gasteiger partial charge < -0.3 is 14.7 Å². The Morgan fingerprint density at radius 3 is 2.78 bits per heavy atom. The third kappa shape index (κ3) is 6.57. The minimum Gasteiger partial charge on any atom is -0.507 e. The molecular weight excluding hydrogens is 432 g/mol. The van der Waals surface area contributed by atoms with Crippen LogP contribution < -0.4 is 10.9 Å². The van der Waals surface area contributed by atoms with Gasteiger partial charge >= 0.3 is 6.09 Å². The molecule has 0 atom stereocenters. The predicted octanol–water partition coefficient (Wildman–Crippen LogP) is 3.82. The average molecular weight is 457 g/mol. The number of nitrogens with one attached hydrogen (secondary N) is 1. The van der Waals surface area contributed by atoms with Gasteiger partial charge in [-0.3, -0.25) is 10.1 Å². The lowest BCUT2D eigenvalue weighted by molar-refractivity contribution is 0.156. The Morgan fingerprint density at radius 2 is 2.00 bits per heavy atom. The molecule has 1 heterocycles. The Bertz CT molecular complexity index is 1150. The second-order valence-corrected chi connectivity index (χ2v) is 7.93. The van der Waals surface area contributed by atoms with Crippen LogP contribution in [0.4, 0.5) is 10.5 Å². The van der Waals surface area contributed by atoms with Crippen molar-refractivity contribution in [3.05, 3.63) is 75.5 Å².